The number of hydrogen-bond donors (Lipinski definition) is 2. The maximum atomic E-state index is 16.8. The van der Waals surface area contributed by atoms with E-state index in [1.165, 1.54) is 0 Å². The fourth-order valence-corrected chi connectivity index (χ4v) is 9.34. The van der Waals surface area contributed by atoms with E-state index in [1.54, 1.807) is 24.0 Å². The van der Waals surface area contributed by atoms with Gasteiger partial charge in [-0.2, -0.15) is 9.97 Å². The normalized spacial score (nSPS) is 30.0. The molecule has 2 aromatic heterocycles. The molecule has 4 saturated heterocycles. The molecule has 4 aliphatic heterocycles. The second kappa shape index (κ2) is 11.7. The second-order valence-corrected chi connectivity index (χ2v) is 15.3. The van der Waals surface area contributed by atoms with E-state index in [1.807, 2.05) is 37.3 Å². The van der Waals surface area contributed by atoms with Crippen LogP contribution in [-0.4, -0.2) is 92.2 Å². The zero-order valence-corrected chi connectivity index (χ0v) is 27.3. The molecule has 0 aliphatic carbocycles. The lowest BCUT2D eigenvalue weighted by molar-refractivity contribution is 0.0942. The van der Waals surface area contributed by atoms with Crippen LogP contribution in [0.3, 0.4) is 0 Å². The van der Waals surface area contributed by atoms with E-state index in [4.69, 9.17) is 21.3 Å². The Balaban J connectivity index is 1.25. The van der Waals surface area contributed by atoms with Crippen LogP contribution in [0.4, 0.5) is 14.6 Å². The van der Waals surface area contributed by atoms with Crippen molar-refractivity contribution >= 4 is 50.9 Å². The number of piperazine rings is 1. The van der Waals surface area contributed by atoms with Crippen LogP contribution in [0.15, 0.2) is 42.6 Å². The molecule has 8 nitrogen and oxygen atoms in total. The molecule has 12 heteroatoms. The first-order chi connectivity index (χ1) is 22.2. The van der Waals surface area contributed by atoms with Gasteiger partial charge in [-0.05, 0) is 56.4 Å². The zero-order valence-electron chi connectivity index (χ0n) is 25.7. The molecule has 242 valence electrons. The summed E-state index contributed by atoms with van der Waals surface area (Å²) in [6.45, 7) is 4.42. The van der Waals surface area contributed by atoms with Gasteiger partial charge in [-0.3, -0.25) is 9.88 Å². The van der Waals surface area contributed by atoms with Crippen molar-refractivity contribution in [1.82, 2.24) is 25.2 Å². The van der Waals surface area contributed by atoms with Gasteiger partial charge in [0.05, 0.1) is 17.0 Å². The molecule has 4 fully saturated rings. The van der Waals surface area contributed by atoms with E-state index in [-0.39, 0.29) is 35.9 Å². The molecule has 2 aromatic carbocycles. The number of fused-ring (bicyclic) bond motifs is 5. The zero-order chi connectivity index (χ0) is 31.6. The van der Waals surface area contributed by atoms with Gasteiger partial charge >= 0.3 is 6.01 Å². The Morgan fingerprint density at radius 3 is 2.87 bits per heavy atom. The predicted octanol–water partition coefficient (Wildman–Crippen LogP) is 5.98. The van der Waals surface area contributed by atoms with Gasteiger partial charge in [-0.15, -0.1) is 11.8 Å². The molecule has 2 bridgehead atoms. The van der Waals surface area contributed by atoms with Crippen molar-refractivity contribution in [3.05, 3.63) is 53.4 Å². The summed E-state index contributed by atoms with van der Waals surface area (Å²) in [5.74, 6) is 0.822. The van der Waals surface area contributed by atoms with E-state index >= 15 is 4.39 Å². The highest BCUT2D eigenvalue weighted by Crippen LogP contribution is 2.42. The Kier molecular flexibility index (Phi) is 7.76. The number of ether oxygens (including phenoxy) is 1. The molecule has 5 atom stereocenters. The van der Waals surface area contributed by atoms with Crippen LogP contribution in [0.25, 0.3) is 32.9 Å². The standard InChI is InChI=1S/C34H37ClF2N6O2S/c1-33(44)26-18-42(17-22(39-26)8-4-13-46-33)31-24-15-38-29(23-9-2-6-20-7-3-10-25(35)27(20)23)28(37)30(24)40-32(41-31)45-19-34-11-5-12-43(34)16-21(36)14-34/h2-3,6-7,9-10,15,21-22,26,39,44H,4-5,8,11-14,16-19H2,1H3/t21-,22-,26-,33+,34+/m1/s1. The highest BCUT2D eigenvalue weighted by Gasteiger charge is 2.49. The number of alkyl halides is 1. The number of pyridine rings is 1. The summed E-state index contributed by atoms with van der Waals surface area (Å²) in [4.78, 5) is 17.5. The third-order valence-corrected chi connectivity index (χ3v) is 12.0. The van der Waals surface area contributed by atoms with Gasteiger partial charge in [0.15, 0.2) is 5.82 Å². The Morgan fingerprint density at radius 1 is 1.15 bits per heavy atom. The summed E-state index contributed by atoms with van der Waals surface area (Å²) < 4.78 is 37.7. The number of nitrogens with one attached hydrogen (secondary N) is 1. The Labute approximate surface area is 275 Å². The number of halogens is 3. The smallest absolute Gasteiger partial charge is 0.319 e. The minimum atomic E-state index is -0.986. The molecule has 0 spiro atoms. The van der Waals surface area contributed by atoms with Gasteiger partial charge in [0.1, 0.15) is 34.7 Å². The van der Waals surface area contributed by atoms with Crippen molar-refractivity contribution in [2.45, 2.75) is 67.8 Å². The molecular formula is C34H37ClF2N6O2S. The van der Waals surface area contributed by atoms with Crippen molar-refractivity contribution < 1.29 is 18.6 Å². The van der Waals surface area contributed by atoms with Crippen molar-refractivity contribution in [2.24, 2.45) is 0 Å². The molecule has 0 saturated carbocycles. The monoisotopic (exact) mass is 666 g/mol. The third-order valence-electron chi connectivity index (χ3n) is 10.3. The summed E-state index contributed by atoms with van der Waals surface area (Å²) in [6, 6.07) is 11.2. The molecule has 8 rings (SSSR count). The van der Waals surface area contributed by atoms with Gasteiger partial charge in [0.25, 0.3) is 0 Å². The average Bonchev–Trinajstić information content (AvgIpc) is 3.57. The Morgan fingerprint density at radius 2 is 2.00 bits per heavy atom. The third kappa shape index (κ3) is 5.28. The van der Waals surface area contributed by atoms with Crippen LogP contribution >= 0.6 is 23.4 Å². The van der Waals surface area contributed by atoms with Crippen LogP contribution in [0.5, 0.6) is 6.01 Å². The maximum absolute atomic E-state index is 16.8. The van der Waals surface area contributed by atoms with Crippen molar-refractivity contribution in [3.8, 4) is 17.3 Å². The van der Waals surface area contributed by atoms with E-state index in [2.05, 4.69) is 25.1 Å². The van der Waals surface area contributed by atoms with E-state index in [9.17, 15) is 9.50 Å². The molecule has 6 heterocycles. The topological polar surface area (TPSA) is 86.6 Å². The van der Waals surface area contributed by atoms with E-state index in [0.717, 1.165) is 43.4 Å². The SMILES string of the molecule is C[C@]1(O)SCCC[C@@H]2CN(c3nc(OC[C@@]45CCCN4C[C@H](F)C5)nc4c(F)c(-c5cccc6cccc(Cl)c56)ncc34)C[C@H]1N2. The maximum Gasteiger partial charge on any atom is 0.319 e. The Hall–Kier alpha value is -2.83. The Bertz CT molecular complexity index is 1810. The van der Waals surface area contributed by atoms with Crippen LogP contribution in [0, 0.1) is 5.82 Å². The van der Waals surface area contributed by atoms with Gasteiger partial charge in [-0.1, -0.05) is 41.9 Å². The lowest BCUT2D eigenvalue weighted by atomic mass is 9.95. The number of benzene rings is 2. The number of nitrogens with zero attached hydrogens (tertiary/aromatic N) is 5. The van der Waals surface area contributed by atoms with Crippen molar-refractivity contribution in [2.75, 3.05) is 43.4 Å². The van der Waals surface area contributed by atoms with Gasteiger partial charge in [0.2, 0.25) is 0 Å². The minimum absolute atomic E-state index is 0.0536. The first-order valence-electron chi connectivity index (χ1n) is 16.1. The first kappa shape index (κ1) is 30.5. The summed E-state index contributed by atoms with van der Waals surface area (Å²) in [5.41, 5.74) is 0.410. The highest BCUT2D eigenvalue weighted by atomic mass is 35.5. The predicted molar refractivity (Wildman–Crippen MR) is 179 cm³/mol. The lowest BCUT2D eigenvalue weighted by Crippen LogP contribution is -2.64. The molecule has 0 unspecified atom stereocenters. The molecule has 0 amide bonds. The van der Waals surface area contributed by atoms with Crippen molar-refractivity contribution in [3.63, 3.8) is 0 Å². The number of hydrogen-bond acceptors (Lipinski definition) is 9. The molecular weight excluding hydrogens is 630 g/mol. The fourth-order valence-electron chi connectivity index (χ4n) is 7.99. The van der Waals surface area contributed by atoms with Crippen LogP contribution in [0.2, 0.25) is 5.02 Å². The molecule has 2 N–H and O–H groups in total. The first-order valence-corrected chi connectivity index (χ1v) is 17.5. The van der Waals surface area contributed by atoms with E-state index in [0.29, 0.717) is 53.2 Å². The minimum Gasteiger partial charge on any atom is -0.461 e. The summed E-state index contributed by atoms with van der Waals surface area (Å²) in [5, 5.41) is 17.6. The van der Waals surface area contributed by atoms with Crippen LogP contribution in [0.1, 0.15) is 39.0 Å². The highest BCUT2D eigenvalue weighted by molar-refractivity contribution is 8.00. The van der Waals surface area contributed by atoms with Gasteiger partial charge in [0, 0.05) is 54.3 Å². The number of anilines is 1. The van der Waals surface area contributed by atoms with Crippen LogP contribution < -0.4 is 15.0 Å². The summed E-state index contributed by atoms with van der Waals surface area (Å²) in [7, 11) is 0. The summed E-state index contributed by atoms with van der Waals surface area (Å²) >= 11 is 8.18. The summed E-state index contributed by atoms with van der Waals surface area (Å²) in [6.07, 6.45) is 4.89. The molecule has 4 aromatic rings. The number of aliphatic hydroxyl groups is 1. The number of aromatic nitrogens is 3. The molecule has 46 heavy (non-hydrogen) atoms. The average molecular weight is 667 g/mol. The van der Waals surface area contributed by atoms with E-state index < -0.39 is 22.5 Å². The largest absolute Gasteiger partial charge is 0.461 e. The number of rotatable bonds is 5. The lowest BCUT2D eigenvalue weighted by Gasteiger charge is -2.46. The molecule has 0 radical (unpaired) electrons. The second-order valence-electron chi connectivity index (χ2n) is 13.4. The van der Waals surface area contributed by atoms with Gasteiger partial charge in [-0.25, -0.2) is 8.78 Å². The van der Waals surface area contributed by atoms with Crippen LogP contribution in [-0.2, 0) is 0 Å². The quantitative estimate of drug-likeness (QED) is 0.267. The van der Waals surface area contributed by atoms with Gasteiger partial charge < -0.3 is 20.1 Å². The fraction of sp³-hybridized carbons (Fsp3) is 0.500. The van der Waals surface area contributed by atoms with Crippen molar-refractivity contribution in [1.29, 1.82) is 0 Å². The molecule has 4 aliphatic rings. The number of thioether (sulfide) groups is 1.